The zero-order valence-corrected chi connectivity index (χ0v) is 38.3. The largest absolute Gasteiger partial charge is 0.494 e. The average Bonchev–Trinajstić information content (AvgIpc) is 3.88. The van der Waals surface area contributed by atoms with Crippen molar-refractivity contribution in [2.45, 2.75) is 67.0 Å². The number of carboxylic acids is 1. The standard InChI is InChI=1S/C49H52Cl2N8O4/c1-27-19-33-23-41(49(61)62)57(26-34-24-35(12-13-53-34)56-16-14-52-15-17-56)45(33)40(20-27)58-25-30(4)59-46-38(10-11-39(50)43(46)42-31(5)54-55(7)32(42)6)37(47(59)48(58)60)9-8-18-63-36-21-28(2)44(51)29(3)22-36/h10-13,19-24,30,52H,8-9,14-18,25-26H2,1-7H3,(H,61,62). The topological polar surface area (TPSA) is 123 Å². The van der Waals surface area contributed by atoms with Crippen molar-refractivity contribution in [3.8, 4) is 16.9 Å². The van der Waals surface area contributed by atoms with Gasteiger partial charge < -0.3 is 34.1 Å². The molecule has 63 heavy (non-hydrogen) atoms. The lowest BCUT2D eigenvalue weighted by Crippen LogP contribution is -2.43. The van der Waals surface area contributed by atoms with Gasteiger partial charge in [0, 0.05) is 90.3 Å². The molecule has 12 nitrogen and oxygen atoms in total. The Hall–Kier alpha value is -5.82. The number of aryl methyl sites for hydroxylation is 6. The SMILES string of the molecule is Cc1cc(N2CC(C)n3c(c(CCCOc4cc(C)c(Cl)c(C)c4)c4ccc(Cl)c(-c5c(C)nn(C)c5C)c43)C2=O)c2c(c1)cc(C(=O)O)n2Cc1cc(N2CCNCC2)ccn1. The van der Waals surface area contributed by atoms with Crippen LogP contribution in [0.4, 0.5) is 11.4 Å². The van der Waals surface area contributed by atoms with E-state index in [1.54, 1.807) is 12.3 Å². The Labute approximate surface area is 377 Å². The van der Waals surface area contributed by atoms with Crippen LogP contribution in [0.3, 0.4) is 0 Å². The van der Waals surface area contributed by atoms with Crippen molar-refractivity contribution in [2.75, 3.05) is 49.1 Å². The van der Waals surface area contributed by atoms with E-state index >= 15 is 4.79 Å². The quantitative estimate of drug-likeness (QED) is 0.123. The molecule has 6 heterocycles. The van der Waals surface area contributed by atoms with Gasteiger partial charge in [-0.3, -0.25) is 14.5 Å². The number of carbonyl (C=O) groups is 2. The van der Waals surface area contributed by atoms with Gasteiger partial charge in [0.1, 0.15) is 17.1 Å². The van der Waals surface area contributed by atoms with Gasteiger partial charge in [-0.25, -0.2) is 4.79 Å². The van der Waals surface area contributed by atoms with Crippen molar-refractivity contribution in [2.24, 2.45) is 7.05 Å². The van der Waals surface area contributed by atoms with Gasteiger partial charge in [0.25, 0.3) is 5.91 Å². The molecule has 14 heteroatoms. The number of hydrogen-bond acceptors (Lipinski definition) is 7. The van der Waals surface area contributed by atoms with Crippen LogP contribution in [0.2, 0.25) is 10.0 Å². The summed E-state index contributed by atoms with van der Waals surface area (Å²) >= 11 is 13.7. The Morgan fingerprint density at radius 2 is 1.70 bits per heavy atom. The molecule has 9 rings (SSSR count). The van der Waals surface area contributed by atoms with Gasteiger partial charge in [-0.1, -0.05) is 29.3 Å². The van der Waals surface area contributed by atoms with E-state index in [1.165, 1.54) is 0 Å². The summed E-state index contributed by atoms with van der Waals surface area (Å²) in [5.41, 5.74) is 12.1. The molecule has 1 saturated heterocycles. The minimum Gasteiger partial charge on any atom is -0.494 e. The third kappa shape index (κ3) is 7.51. The normalized spacial score (nSPS) is 15.5. The Balaban J connectivity index is 1.18. The number of amides is 1. The second kappa shape index (κ2) is 16.7. The molecule has 1 atom stereocenters. The van der Waals surface area contributed by atoms with Crippen LogP contribution in [0.15, 0.2) is 60.8 Å². The first-order chi connectivity index (χ1) is 30.2. The van der Waals surface area contributed by atoms with E-state index < -0.39 is 5.97 Å². The maximum Gasteiger partial charge on any atom is 0.352 e. The highest BCUT2D eigenvalue weighted by atomic mass is 35.5. The van der Waals surface area contributed by atoms with Crippen molar-refractivity contribution >= 4 is 68.3 Å². The number of nitrogens with zero attached hydrogens (tertiary/aromatic N) is 7. The Bertz CT molecular complexity index is 2950. The van der Waals surface area contributed by atoms with Crippen LogP contribution < -0.4 is 19.9 Å². The molecule has 326 valence electrons. The molecule has 0 bridgehead atoms. The number of ether oxygens (including phenoxy) is 1. The van der Waals surface area contributed by atoms with Gasteiger partial charge in [-0.05, 0) is 125 Å². The predicted octanol–water partition coefficient (Wildman–Crippen LogP) is 9.63. The molecule has 0 spiro atoms. The Kier molecular flexibility index (Phi) is 11.3. The van der Waals surface area contributed by atoms with E-state index in [4.69, 9.17) is 38.0 Å². The van der Waals surface area contributed by atoms with Crippen LogP contribution in [-0.4, -0.2) is 80.2 Å². The maximum absolute atomic E-state index is 15.6. The average molecular weight is 888 g/mol. The zero-order valence-electron chi connectivity index (χ0n) is 36.8. The van der Waals surface area contributed by atoms with Crippen molar-refractivity contribution in [3.63, 3.8) is 0 Å². The molecule has 1 amide bonds. The molecular formula is C49H52Cl2N8O4. The van der Waals surface area contributed by atoms with Crippen molar-refractivity contribution < 1.29 is 19.4 Å². The summed E-state index contributed by atoms with van der Waals surface area (Å²) in [5, 5.41) is 21.8. The summed E-state index contributed by atoms with van der Waals surface area (Å²) in [7, 11) is 1.93. The smallest absolute Gasteiger partial charge is 0.352 e. The fourth-order valence-corrected chi connectivity index (χ4v) is 10.2. The van der Waals surface area contributed by atoms with Gasteiger partial charge >= 0.3 is 5.97 Å². The third-order valence-corrected chi connectivity index (χ3v) is 13.7. The van der Waals surface area contributed by atoms with Crippen LogP contribution in [0.1, 0.15) is 79.7 Å². The lowest BCUT2D eigenvalue weighted by atomic mass is 9.98. The van der Waals surface area contributed by atoms with Gasteiger partial charge in [-0.2, -0.15) is 5.10 Å². The van der Waals surface area contributed by atoms with E-state index in [2.05, 4.69) is 21.7 Å². The zero-order chi connectivity index (χ0) is 44.4. The second-order valence-corrected chi connectivity index (χ2v) is 17.9. The van der Waals surface area contributed by atoms with Crippen LogP contribution >= 0.6 is 23.2 Å². The van der Waals surface area contributed by atoms with Gasteiger partial charge in [0.2, 0.25) is 0 Å². The first-order valence-electron chi connectivity index (χ1n) is 21.6. The van der Waals surface area contributed by atoms with Gasteiger partial charge in [0.05, 0.1) is 46.3 Å². The van der Waals surface area contributed by atoms with Crippen molar-refractivity contribution in [3.05, 3.63) is 122 Å². The number of rotatable bonds is 11. The lowest BCUT2D eigenvalue weighted by Gasteiger charge is -2.35. The highest BCUT2D eigenvalue weighted by Crippen LogP contribution is 2.46. The van der Waals surface area contributed by atoms with E-state index in [0.717, 1.165) is 109 Å². The minimum absolute atomic E-state index is 0.131. The number of carboxylic acid groups (broad SMARTS) is 1. The number of nitrogens with one attached hydrogen (secondary N) is 1. The van der Waals surface area contributed by atoms with E-state index in [-0.39, 0.29) is 24.2 Å². The number of pyridine rings is 1. The highest BCUT2D eigenvalue weighted by Gasteiger charge is 2.38. The Morgan fingerprint density at radius 1 is 0.952 bits per heavy atom. The highest BCUT2D eigenvalue weighted by molar-refractivity contribution is 6.35. The Morgan fingerprint density at radius 3 is 2.40 bits per heavy atom. The number of piperazine rings is 1. The number of aromatic carboxylic acids is 1. The van der Waals surface area contributed by atoms with Crippen molar-refractivity contribution in [1.29, 1.82) is 0 Å². The van der Waals surface area contributed by atoms with Crippen LogP contribution in [0, 0.1) is 34.6 Å². The van der Waals surface area contributed by atoms with Crippen LogP contribution in [0.25, 0.3) is 32.9 Å². The van der Waals surface area contributed by atoms with Gasteiger partial charge in [-0.15, -0.1) is 0 Å². The first-order valence-corrected chi connectivity index (χ1v) is 22.3. The van der Waals surface area contributed by atoms with Crippen LogP contribution in [-0.2, 0) is 20.0 Å². The molecule has 2 N–H and O–H groups in total. The number of hydrogen-bond donors (Lipinski definition) is 2. The summed E-state index contributed by atoms with van der Waals surface area (Å²) in [6.07, 6.45) is 2.98. The summed E-state index contributed by atoms with van der Waals surface area (Å²) in [6, 6.07) is 17.4. The lowest BCUT2D eigenvalue weighted by molar-refractivity contribution is 0.0686. The number of aromatic nitrogens is 5. The summed E-state index contributed by atoms with van der Waals surface area (Å²) in [5.74, 6) is -0.463. The van der Waals surface area contributed by atoms with E-state index in [1.807, 2.05) is 104 Å². The molecule has 2 aliphatic rings. The number of benzene rings is 3. The molecule has 1 fully saturated rings. The number of carbonyl (C=O) groups excluding carboxylic acids is 1. The third-order valence-electron chi connectivity index (χ3n) is 12.8. The summed E-state index contributed by atoms with van der Waals surface area (Å²) < 4.78 is 12.2. The summed E-state index contributed by atoms with van der Waals surface area (Å²) in [6.45, 7) is 16.6. The summed E-state index contributed by atoms with van der Waals surface area (Å²) in [4.78, 5) is 37.5. The first kappa shape index (κ1) is 42.5. The number of halogens is 2. The molecule has 3 aromatic carbocycles. The second-order valence-electron chi connectivity index (χ2n) is 17.2. The monoisotopic (exact) mass is 886 g/mol. The molecule has 0 saturated carbocycles. The van der Waals surface area contributed by atoms with Gasteiger partial charge in [0.15, 0.2) is 0 Å². The molecule has 0 radical (unpaired) electrons. The molecule has 0 aliphatic carbocycles. The fourth-order valence-electron chi connectivity index (χ4n) is 9.85. The number of anilines is 2. The minimum atomic E-state index is -1.05. The van der Waals surface area contributed by atoms with E-state index in [9.17, 15) is 9.90 Å². The fraction of sp³-hybridized carbons (Fsp3) is 0.347. The predicted molar refractivity (Wildman–Crippen MR) is 252 cm³/mol. The van der Waals surface area contributed by atoms with E-state index in [0.29, 0.717) is 47.9 Å². The molecule has 4 aromatic heterocycles. The molecule has 1 unspecified atom stereocenters. The molecule has 2 aliphatic heterocycles. The van der Waals surface area contributed by atoms with Crippen molar-refractivity contribution in [1.82, 2.24) is 29.2 Å². The number of fused-ring (bicyclic) bond motifs is 4. The maximum atomic E-state index is 15.6. The molecule has 7 aromatic rings. The van der Waals surface area contributed by atoms with Crippen LogP contribution in [0.5, 0.6) is 5.75 Å². The molecular weight excluding hydrogens is 835 g/mol.